The minimum atomic E-state index is -0.427. The Labute approximate surface area is 114 Å². The largest absolute Gasteiger partial charge is 0.377 e. The Morgan fingerprint density at radius 3 is 2.74 bits per heavy atom. The van der Waals surface area contributed by atoms with Crippen LogP contribution in [0, 0.1) is 14.9 Å². The predicted octanol–water partition coefficient (Wildman–Crippen LogP) is 2.04. The summed E-state index contributed by atoms with van der Waals surface area (Å²) in [6.07, 6.45) is 0. The number of hydrogen-bond donors (Lipinski definition) is 1. The summed E-state index contributed by atoms with van der Waals surface area (Å²) in [5, 5.41) is 17.3. The molecule has 0 spiro atoms. The summed E-state index contributed by atoms with van der Waals surface area (Å²) in [5.74, 6) is 0.686. The zero-order chi connectivity index (χ0) is 13.8. The second kappa shape index (κ2) is 5.72. The van der Waals surface area contributed by atoms with Gasteiger partial charge >= 0.3 is 0 Å². The first-order valence-electron chi connectivity index (χ1n) is 5.48. The Balaban J connectivity index is 2.23. The van der Waals surface area contributed by atoms with Crippen LogP contribution in [0.5, 0.6) is 0 Å². The van der Waals surface area contributed by atoms with Gasteiger partial charge in [-0.15, -0.1) is 0 Å². The van der Waals surface area contributed by atoms with E-state index in [4.69, 9.17) is 17.0 Å². The van der Waals surface area contributed by atoms with Crippen molar-refractivity contribution in [3.05, 3.63) is 50.5 Å². The van der Waals surface area contributed by atoms with E-state index in [0.717, 1.165) is 5.56 Å². The summed E-state index contributed by atoms with van der Waals surface area (Å²) in [4.78, 5) is 10.1. The fourth-order valence-corrected chi connectivity index (χ4v) is 1.87. The molecule has 0 unspecified atom stereocenters. The van der Waals surface area contributed by atoms with E-state index in [0.29, 0.717) is 23.7 Å². The summed E-state index contributed by atoms with van der Waals surface area (Å²) in [6.45, 7) is 0.839. The second-order valence-corrected chi connectivity index (χ2v) is 4.27. The van der Waals surface area contributed by atoms with Crippen LogP contribution in [0.15, 0.2) is 24.3 Å². The summed E-state index contributed by atoms with van der Waals surface area (Å²) in [5.41, 5.74) is 0.970. The molecular formula is C11H12N4O3S. The molecule has 1 heterocycles. The molecule has 0 bridgehead atoms. The Kier molecular flexibility index (Phi) is 4.03. The SMILES string of the molecule is COCc1n[nH]c(=S)n1Cc1ccc([N+](=O)[O-])cc1. The van der Waals surface area contributed by atoms with Crippen molar-refractivity contribution in [2.75, 3.05) is 7.11 Å². The van der Waals surface area contributed by atoms with Crippen molar-refractivity contribution in [3.63, 3.8) is 0 Å². The summed E-state index contributed by atoms with van der Waals surface area (Å²) in [7, 11) is 1.58. The highest BCUT2D eigenvalue weighted by Gasteiger charge is 2.08. The van der Waals surface area contributed by atoms with E-state index in [1.54, 1.807) is 23.8 Å². The highest BCUT2D eigenvalue weighted by atomic mass is 32.1. The lowest BCUT2D eigenvalue weighted by Crippen LogP contribution is -2.06. The first-order valence-corrected chi connectivity index (χ1v) is 5.89. The average Bonchev–Trinajstić information content (AvgIpc) is 2.73. The molecule has 2 rings (SSSR count). The van der Waals surface area contributed by atoms with Crippen LogP contribution < -0.4 is 0 Å². The fraction of sp³-hybridized carbons (Fsp3) is 0.273. The van der Waals surface area contributed by atoms with Gasteiger partial charge in [0.05, 0.1) is 11.5 Å². The number of H-pyrrole nitrogens is 1. The highest BCUT2D eigenvalue weighted by Crippen LogP contribution is 2.13. The van der Waals surface area contributed by atoms with E-state index < -0.39 is 4.92 Å². The molecule has 0 saturated heterocycles. The third-order valence-corrected chi connectivity index (χ3v) is 2.91. The van der Waals surface area contributed by atoms with Crippen molar-refractivity contribution in [1.29, 1.82) is 0 Å². The normalized spacial score (nSPS) is 10.6. The number of benzene rings is 1. The van der Waals surface area contributed by atoms with Gasteiger partial charge < -0.3 is 4.74 Å². The number of hydrogen-bond acceptors (Lipinski definition) is 5. The standard InChI is InChI=1S/C11H12N4O3S/c1-18-7-10-12-13-11(19)14(10)6-8-2-4-9(5-3-8)15(16)17/h2-5H,6-7H2,1H3,(H,13,19). The van der Waals surface area contributed by atoms with Gasteiger partial charge in [0.2, 0.25) is 0 Å². The van der Waals surface area contributed by atoms with Crippen molar-refractivity contribution < 1.29 is 9.66 Å². The number of rotatable bonds is 5. The van der Waals surface area contributed by atoms with Gasteiger partial charge in [-0.25, -0.2) is 0 Å². The van der Waals surface area contributed by atoms with Crippen LogP contribution in [0.2, 0.25) is 0 Å². The van der Waals surface area contributed by atoms with Crippen molar-refractivity contribution in [3.8, 4) is 0 Å². The molecule has 8 heteroatoms. The molecule has 0 aliphatic rings. The molecule has 1 N–H and O–H groups in total. The van der Waals surface area contributed by atoms with Crippen LogP contribution in [-0.4, -0.2) is 26.8 Å². The van der Waals surface area contributed by atoms with Gasteiger partial charge in [-0.1, -0.05) is 12.1 Å². The molecule has 0 atom stereocenters. The molecule has 100 valence electrons. The van der Waals surface area contributed by atoms with Gasteiger partial charge in [-0.3, -0.25) is 19.8 Å². The van der Waals surface area contributed by atoms with E-state index in [1.807, 2.05) is 0 Å². The Morgan fingerprint density at radius 2 is 2.16 bits per heavy atom. The molecule has 19 heavy (non-hydrogen) atoms. The molecule has 2 aromatic rings. The zero-order valence-corrected chi connectivity index (χ0v) is 11.0. The number of nitrogens with one attached hydrogen (secondary N) is 1. The molecule has 0 aliphatic heterocycles. The average molecular weight is 280 g/mol. The Hall–Kier alpha value is -2.06. The van der Waals surface area contributed by atoms with Crippen LogP contribution in [0.1, 0.15) is 11.4 Å². The highest BCUT2D eigenvalue weighted by molar-refractivity contribution is 7.71. The fourth-order valence-electron chi connectivity index (χ4n) is 1.66. The quantitative estimate of drug-likeness (QED) is 0.514. The van der Waals surface area contributed by atoms with Gasteiger partial charge in [-0.05, 0) is 17.8 Å². The van der Waals surface area contributed by atoms with Crippen LogP contribution >= 0.6 is 12.2 Å². The van der Waals surface area contributed by atoms with E-state index in [9.17, 15) is 10.1 Å². The number of nitro benzene ring substituents is 1. The molecule has 0 radical (unpaired) electrons. The number of methoxy groups -OCH3 is 1. The maximum absolute atomic E-state index is 10.6. The van der Waals surface area contributed by atoms with Crippen molar-refractivity contribution in [2.45, 2.75) is 13.2 Å². The molecule has 0 amide bonds. The van der Waals surface area contributed by atoms with Gasteiger partial charge in [0, 0.05) is 19.2 Å². The van der Waals surface area contributed by atoms with Gasteiger partial charge in [0.1, 0.15) is 6.61 Å². The molecular weight excluding hydrogens is 268 g/mol. The summed E-state index contributed by atoms with van der Waals surface area (Å²) >= 11 is 5.13. The van der Waals surface area contributed by atoms with Crippen molar-refractivity contribution in [2.24, 2.45) is 0 Å². The molecule has 0 saturated carbocycles. The lowest BCUT2D eigenvalue weighted by molar-refractivity contribution is -0.384. The topological polar surface area (TPSA) is 86.0 Å². The second-order valence-electron chi connectivity index (χ2n) is 3.89. The number of aromatic nitrogens is 3. The van der Waals surface area contributed by atoms with E-state index in [-0.39, 0.29) is 5.69 Å². The third kappa shape index (κ3) is 3.04. The lowest BCUT2D eigenvalue weighted by atomic mass is 10.2. The van der Waals surface area contributed by atoms with E-state index in [1.165, 1.54) is 12.1 Å². The van der Waals surface area contributed by atoms with Gasteiger partial charge in [-0.2, -0.15) is 5.10 Å². The first-order chi connectivity index (χ1) is 9.11. The monoisotopic (exact) mass is 280 g/mol. The Bertz CT molecular complexity index is 632. The number of nitrogens with zero attached hydrogens (tertiary/aromatic N) is 3. The van der Waals surface area contributed by atoms with Gasteiger partial charge in [0.15, 0.2) is 10.6 Å². The van der Waals surface area contributed by atoms with Crippen molar-refractivity contribution >= 4 is 17.9 Å². The first kappa shape index (κ1) is 13.4. The molecule has 0 aliphatic carbocycles. The Morgan fingerprint density at radius 1 is 1.47 bits per heavy atom. The minimum Gasteiger partial charge on any atom is -0.377 e. The molecule has 7 nitrogen and oxygen atoms in total. The summed E-state index contributed by atoms with van der Waals surface area (Å²) < 4.78 is 7.31. The minimum absolute atomic E-state index is 0.0663. The summed E-state index contributed by atoms with van der Waals surface area (Å²) in [6, 6.07) is 6.33. The van der Waals surface area contributed by atoms with Crippen LogP contribution in [0.25, 0.3) is 0 Å². The molecule has 1 aromatic carbocycles. The number of ether oxygens (including phenoxy) is 1. The van der Waals surface area contributed by atoms with Crippen LogP contribution in [-0.2, 0) is 17.9 Å². The molecule has 1 aromatic heterocycles. The lowest BCUT2D eigenvalue weighted by Gasteiger charge is -2.06. The third-order valence-electron chi connectivity index (χ3n) is 2.60. The smallest absolute Gasteiger partial charge is 0.269 e. The van der Waals surface area contributed by atoms with E-state index >= 15 is 0 Å². The van der Waals surface area contributed by atoms with E-state index in [2.05, 4.69) is 10.2 Å². The van der Waals surface area contributed by atoms with Gasteiger partial charge in [0.25, 0.3) is 5.69 Å². The molecule has 0 fully saturated rings. The number of aromatic amines is 1. The number of nitro groups is 1. The van der Waals surface area contributed by atoms with Crippen LogP contribution in [0.4, 0.5) is 5.69 Å². The maximum Gasteiger partial charge on any atom is 0.269 e. The zero-order valence-electron chi connectivity index (χ0n) is 10.2. The van der Waals surface area contributed by atoms with Crippen LogP contribution in [0.3, 0.4) is 0 Å². The van der Waals surface area contributed by atoms with Crippen molar-refractivity contribution in [1.82, 2.24) is 14.8 Å². The predicted molar refractivity (Wildman–Crippen MR) is 70.3 cm³/mol. The number of non-ortho nitro benzene ring substituents is 1. The maximum atomic E-state index is 10.6.